The molecule has 0 aromatic heterocycles. The lowest BCUT2D eigenvalue weighted by Crippen LogP contribution is -2.25. The Morgan fingerprint density at radius 1 is 0.944 bits per heavy atom. The summed E-state index contributed by atoms with van der Waals surface area (Å²) in [6.07, 6.45) is 7.09. The molecule has 0 amide bonds. The fraction of sp³-hybridized carbons (Fsp3) is 0.321. The number of carboxylic acid groups (broad SMARTS) is 2. The van der Waals surface area contributed by atoms with Crippen molar-refractivity contribution in [2.45, 2.75) is 26.7 Å². The minimum Gasteiger partial charge on any atom is -0.496 e. The van der Waals surface area contributed by atoms with E-state index in [9.17, 15) is 14.4 Å². The van der Waals surface area contributed by atoms with Crippen molar-refractivity contribution in [1.82, 2.24) is 4.90 Å². The summed E-state index contributed by atoms with van der Waals surface area (Å²) in [4.78, 5) is 34.2. The summed E-state index contributed by atoms with van der Waals surface area (Å²) in [7, 11) is 1.63. The fourth-order valence-electron chi connectivity index (χ4n) is 3.81. The predicted octanol–water partition coefficient (Wildman–Crippen LogP) is 4.39. The molecule has 0 saturated carbocycles. The summed E-state index contributed by atoms with van der Waals surface area (Å²) < 4.78 is 11.4. The van der Waals surface area contributed by atoms with Crippen LogP contribution in [0.25, 0.3) is 6.08 Å². The van der Waals surface area contributed by atoms with Crippen LogP contribution in [0.3, 0.4) is 0 Å². The standard InChI is InChI=1S/C24H29NO3.C4H4O4/c1-18-16-21(22(26)11-10-20-8-4-5-9-23(20)27-3)17-19(2)24(18)28-15-14-25-12-6-7-13-25;5-3(6)1-2-4(7)8/h4-5,8-11,16-17H,6-7,12-15H2,1-3H3;1-2H,(H,5,6)(H,7,8). The van der Waals surface area contributed by atoms with E-state index < -0.39 is 11.9 Å². The van der Waals surface area contributed by atoms with Gasteiger partial charge < -0.3 is 19.7 Å². The van der Waals surface area contributed by atoms with Crippen molar-refractivity contribution in [1.29, 1.82) is 0 Å². The summed E-state index contributed by atoms with van der Waals surface area (Å²) in [5.41, 5.74) is 3.55. The molecule has 36 heavy (non-hydrogen) atoms. The highest BCUT2D eigenvalue weighted by molar-refractivity contribution is 6.07. The number of ketones is 1. The molecule has 8 heteroatoms. The van der Waals surface area contributed by atoms with Gasteiger partial charge in [-0.05, 0) is 81.3 Å². The second-order valence-electron chi connectivity index (χ2n) is 8.29. The average Bonchev–Trinajstić information content (AvgIpc) is 3.37. The van der Waals surface area contributed by atoms with E-state index in [-0.39, 0.29) is 5.78 Å². The minimum atomic E-state index is -1.26. The zero-order valence-electron chi connectivity index (χ0n) is 20.9. The van der Waals surface area contributed by atoms with Gasteiger partial charge in [-0.25, -0.2) is 9.59 Å². The lowest BCUT2D eigenvalue weighted by atomic mass is 10.0. The number of para-hydroxylation sites is 1. The molecule has 8 nitrogen and oxygen atoms in total. The van der Waals surface area contributed by atoms with Crippen molar-refractivity contribution in [3.05, 3.63) is 76.9 Å². The lowest BCUT2D eigenvalue weighted by Gasteiger charge is -2.17. The molecular weight excluding hydrogens is 462 g/mol. The number of carbonyl (C=O) groups excluding carboxylic acids is 1. The zero-order valence-corrected chi connectivity index (χ0v) is 20.9. The van der Waals surface area contributed by atoms with E-state index in [1.54, 1.807) is 19.3 Å². The first-order valence-corrected chi connectivity index (χ1v) is 11.7. The number of rotatable bonds is 10. The van der Waals surface area contributed by atoms with Gasteiger partial charge in [-0.3, -0.25) is 9.69 Å². The highest BCUT2D eigenvalue weighted by Gasteiger charge is 2.13. The molecule has 0 unspecified atom stereocenters. The molecule has 0 bridgehead atoms. The largest absolute Gasteiger partial charge is 0.496 e. The topological polar surface area (TPSA) is 113 Å². The van der Waals surface area contributed by atoms with Gasteiger partial charge in [0.25, 0.3) is 0 Å². The Hall–Kier alpha value is -3.91. The molecule has 0 aliphatic carbocycles. The van der Waals surface area contributed by atoms with Gasteiger partial charge in [-0.1, -0.05) is 18.2 Å². The summed E-state index contributed by atoms with van der Waals surface area (Å²) in [5.74, 6) is -0.898. The SMILES string of the molecule is COc1ccccc1C=CC(=O)c1cc(C)c(OCCN2CCCC2)c(C)c1.O=C(O)C=CC(=O)O. The first-order chi connectivity index (χ1) is 17.2. The number of aryl methyl sites for hydroxylation is 2. The summed E-state index contributed by atoms with van der Waals surface area (Å²) in [6.45, 7) is 7.99. The van der Waals surface area contributed by atoms with Crippen molar-refractivity contribution in [3.63, 3.8) is 0 Å². The molecule has 192 valence electrons. The Balaban J connectivity index is 0.000000493. The summed E-state index contributed by atoms with van der Waals surface area (Å²) in [5, 5.41) is 15.6. The number of ether oxygens (including phenoxy) is 2. The Bertz CT molecular complexity index is 1080. The highest BCUT2D eigenvalue weighted by Crippen LogP contribution is 2.26. The molecule has 1 aliphatic heterocycles. The van der Waals surface area contributed by atoms with E-state index >= 15 is 0 Å². The van der Waals surface area contributed by atoms with Crippen molar-refractivity contribution >= 4 is 23.8 Å². The van der Waals surface area contributed by atoms with Crippen LogP contribution in [0.4, 0.5) is 0 Å². The first-order valence-electron chi connectivity index (χ1n) is 11.7. The van der Waals surface area contributed by atoms with E-state index in [2.05, 4.69) is 4.90 Å². The maximum atomic E-state index is 12.6. The zero-order chi connectivity index (χ0) is 26.5. The number of carboxylic acids is 2. The second kappa shape index (κ2) is 14.5. The molecule has 2 aromatic rings. The van der Waals surface area contributed by atoms with Crippen molar-refractivity contribution in [3.8, 4) is 11.5 Å². The number of benzene rings is 2. The van der Waals surface area contributed by atoms with Crippen molar-refractivity contribution in [2.75, 3.05) is 33.4 Å². The van der Waals surface area contributed by atoms with E-state index in [4.69, 9.17) is 19.7 Å². The third-order valence-corrected chi connectivity index (χ3v) is 5.52. The summed E-state index contributed by atoms with van der Waals surface area (Å²) >= 11 is 0. The molecule has 0 radical (unpaired) electrons. The minimum absolute atomic E-state index is 0.0271. The van der Waals surface area contributed by atoms with Gasteiger partial charge in [0.1, 0.15) is 18.1 Å². The van der Waals surface area contributed by atoms with Crippen LogP contribution in [0.2, 0.25) is 0 Å². The van der Waals surface area contributed by atoms with Crippen LogP contribution >= 0.6 is 0 Å². The third-order valence-electron chi connectivity index (χ3n) is 5.52. The number of likely N-dealkylation sites (tertiary alicyclic amines) is 1. The van der Waals surface area contributed by atoms with Crippen LogP contribution in [0.15, 0.2) is 54.6 Å². The highest BCUT2D eigenvalue weighted by atomic mass is 16.5. The van der Waals surface area contributed by atoms with Crippen LogP contribution in [0.5, 0.6) is 11.5 Å². The Morgan fingerprint density at radius 2 is 1.53 bits per heavy atom. The van der Waals surface area contributed by atoms with Gasteiger partial charge >= 0.3 is 11.9 Å². The molecule has 1 fully saturated rings. The van der Waals surface area contributed by atoms with Gasteiger partial charge in [0.2, 0.25) is 0 Å². The Morgan fingerprint density at radius 3 is 2.08 bits per heavy atom. The monoisotopic (exact) mass is 495 g/mol. The number of methoxy groups -OCH3 is 1. The van der Waals surface area contributed by atoms with Crippen molar-refractivity contribution in [2.24, 2.45) is 0 Å². The van der Waals surface area contributed by atoms with Gasteiger partial charge in [0.15, 0.2) is 5.78 Å². The quantitative estimate of drug-likeness (QED) is 0.368. The number of nitrogens with zero attached hydrogens (tertiary/aromatic N) is 1. The third kappa shape index (κ3) is 9.38. The molecule has 1 saturated heterocycles. The molecule has 2 N–H and O–H groups in total. The number of carbonyl (C=O) groups is 3. The molecule has 0 spiro atoms. The normalized spacial score (nSPS) is 13.4. The number of hydrogen-bond acceptors (Lipinski definition) is 6. The molecule has 0 atom stereocenters. The van der Waals surface area contributed by atoms with Crippen molar-refractivity contribution < 1.29 is 34.1 Å². The first kappa shape index (κ1) is 28.3. The number of allylic oxidation sites excluding steroid dienone is 1. The molecule has 1 aliphatic rings. The van der Waals surface area contributed by atoms with E-state index in [1.807, 2.05) is 50.2 Å². The predicted molar refractivity (Wildman–Crippen MR) is 138 cm³/mol. The van der Waals surface area contributed by atoms with E-state index in [0.717, 1.165) is 34.7 Å². The van der Waals surface area contributed by atoms with Crippen LogP contribution in [0, 0.1) is 13.8 Å². The molecule has 3 rings (SSSR count). The van der Waals surface area contributed by atoms with Gasteiger partial charge in [0, 0.05) is 29.8 Å². The van der Waals surface area contributed by atoms with Crippen LogP contribution in [0.1, 0.15) is 39.9 Å². The van der Waals surface area contributed by atoms with Crippen LogP contribution in [-0.4, -0.2) is 66.2 Å². The fourth-order valence-corrected chi connectivity index (χ4v) is 3.81. The molecule has 2 aromatic carbocycles. The summed E-state index contributed by atoms with van der Waals surface area (Å²) in [6, 6.07) is 11.5. The maximum Gasteiger partial charge on any atom is 0.328 e. The smallest absolute Gasteiger partial charge is 0.328 e. The maximum absolute atomic E-state index is 12.6. The van der Waals surface area contributed by atoms with Gasteiger partial charge in [-0.2, -0.15) is 0 Å². The Labute approximate surface area is 211 Å². The van der Waals surface area contributed by atoms with Crippen LogP contribution in [-0.2, 0) is 9.59 Å². The second-order valence-corrected chi connectivity index (χ2v) is 8.29. The van der Waals surface area contributed by atoms with E-state index in [1.165, 1.54) is 25.9 Å². The average molecular weight is 496 g/mol. The van der Waals surface area contributed by atoms with Gasteiger partial charge in [0.05, 0.1) is 7.11 Å². The Kier molecular flexibility index (Phi) is 11.4. The molecule has 1 heterocycles. The van der Waals surface area contributed by atoms with Crippen LogP contribution < -0.4 is 9.47 Å². The number of aliphatic carboxylic acids is 2. The molecular formula is C28H33NO7. The van der Waals surface area contributed by atoms with E-state index in [0.29, 0.717) is 24.3 Å². The van der Waals surface area contributed by atoms with Gasteiger partial charge in [-0.15, -0.1) is 0 Å². The lowest BCUT2D eigenvalue weighted by molar-refractivity contribution is -0.134. The number of hydrogen-bond donors (Lipinski definition) is 2.